The van der Waals surface area contributed by atoms with Gasteiger partial charge in [0, 0.05) is 36.7 Å². The highest BCUT2D eigenvalue weighted by Gasteiger charge is 2.28. The molecule has 1 aromatic heterocycles. The number of rotatable bonds is 2. The molecule has 0 radical (unpaired) electrons. The molecular weight excluding hydrogens is 178 g/mol. The Balaban J connectivity index is 2.13. The highest BCUT2D eigenvalue weighted by molar-refractivity contribution is 6.01. The summed E-state index contributed by atoms with van der Waals surface area (Å²) in [4.78, 5) is 26.7. The molecule has 3 nitrogen and oxygen atoms in total. The lowest BCUT2D eigenvalue weighted by Crippen LogP contribution is -2.11. The molecule has 3 heteroatoms. The molecule has 14 heavy (non-hydrogen) atoms. The van der Waals surface area contributed by atoms with E-state index in [1.807, 2.05) is 0 Å². The van der Waals surface area contributed by atoms with Crippen LogP contribution in [0.3, 0.4) is 0 Å². The van der Waals surface area contributed by atoms with Crippen molar-refractivity contribution in [1.82, 2.24) is 4.98 Å². The topological polar surface area (TPSA) is 47.0 Å². The molecule has 2 rings (SSSR count). The largest absolute Gasteiger partial charge is 0.300 e. The minimum absolute atomic E-state index is 0.0592. The third-order valence-corrected chi connectivity index (χ3v) is 2.56. The Hall–Kier alpha value is -1.51. The minimum Gasteiger partial charge on any atom is -0.300 e. The van der Waals surface area contributed by atoms with Crippen molar-refractivity contribution in [2.75, 3.05) is 0 Å². The first kappa shape index (κ1) is 9.06. The summed E-state index contributed by atoms with van der Waals surface area (Å²) in [5.74, 6) is 0.155. The maximum absolute atomic E-state index is 11.8. The molecule has 1 aliphatic rings. The standard InChI is InChI=1S/C11H11NO2/c13-10-4-3-8(6-10)11(14)9-2-1-5-12-7-9/h1-2,5,7-8H,3-4,6H2. The second-order valence-electron chi connectivity index (χ2n) is 3.58. The van der Waals surface area contributed by atoms with Crippen molar-refractivity contribution in [3.8, 4) is 0 Å². The average Bonchev–Trinajstić information content (AvgIpc) is 2.65. The van der Waals surface area contributed by atoms with E-state index in [1.54, 1.807) is 24.5 Å². The Labute approximate surface area is 82.2 Å². The van der Waals surface area contributed by atoms with Crippen molar-refractivity contribution in [3.05, 3.63) is 30.1 Å². The zero-order valence-electron chi connectivity index (χ0n) is 7.77. The monoisotopic (exact) mass is 189 g/mol. The molecule has 1 aliphatic carbocycles. The van der Waals surface area contributed by atoms with Gasteiger partial charge >= 0.3 is 0 Å². The summed E-state index contributed by atoms with van der Waals surface area (Å²) < 4.78 is 0. The van der Waals surface area contributed by atoms with E-state index in [0.717, 1.165) is 0 Å². The fourth-order valence-corrected chi connectivity index (χ4v) is 1.78. The molecule has 1 atom stereocenters. The summed E-state index contributed by atoms with van der Waals surface area (Å²) in [6.45, 7) is 0. The highest BCUT2D eigenvalue weighted by atomic mass is 16.1. The molecule has 0 aromatic carbocycles. The molecule has 1 saturated carbocycles. The second-order valence-corrected chi connectivity index (χ2v) is 3.58. The van der Waals surface area contributed by atoms with Gasteiger partial charge in [0.1, 0.15) is 5.78 Å². The first-order chi connectivity index (χ1) is 6.77. The van der Waals surface area contributed by atoms with Crippen LogP contribution in [0, 0.1) is 5.92 Å². The highest BCUT2D eigenvalue weighted by Crippen LogP contribution is 2.25. The van der Waals surface area contributed by atoms with Gasteiger partial charge in [0.25, 0.3) is 0 Å². The van der Waals surface area contributed by atoms with Crippen LogP contribution in [0.4, 0.5) is 0 Å². The zero-order valence-corrected chi connectivity index (χ0v) is 7.77. The van der Waals surface area contributed by atoms with Gasteiger partial charge in [0.15, 0.2) is 5.78 Å². The van der Waals surface area contributed by atoms with Crippen molar-refractivity contribution in [3.63, 3.8) is 0 Å². The summed E-state index contributed by atoms with van der Waals surface area (Å²) >= 11 is 0. The molecule has 1 unspecified atom stereocenters. The minimum atomic E-state index is -0.105. The number of ketones is 2. The summed E-state index contributed by atoms with van der Waals surface area (Å²) in [7, 11) is 0. The van der Waals surface area contributed by atoms with Crippen molar-refractivity contribution < 1.29 is 9.59 Å². The normalized spacial score (nSPS) is 21.1. The molecule has 0 aliphatic heterocycles. The van der Waals surface area contributed by atoms with Gasteiger partial charge in [0.05, 0.1) is 0 Å². The lowest BCUT2D eigenvalue weighted by molar-refractivity contribution is -0.117. The lowest BCUT2D eigenvalue weighted by atomic mass is 9.97. The Morgan fingerprint density at radius 3 is 2.93 bits per heavy atom. The van der Waals surface area contributed by atoms with Crippen LogP contribution >= 0.6 is 0 Å². The predicted octanol–water partition coefficient (Wildman–Crippen LogP) is 1.63. The van der Waals surface area contributed by atoms with E-state index in [1.165, 1.54) is 0 Å². The molecule has 72 valence electrons. The maximum atomic E-state index is 11.8. The number of hydrogen-bond donors (Lipinski definition) is 0. The van der Waals surface area contributed by atoms with Gasteiger partial charge in [-0.25, -0.2) is 0 Å². The Morgan fingerprint density at radius 2 is 2.36 bits per heavy atom. The van der Waals surface area contributed by atoms with Gasteiger partial charge in [-0.05, 0) is 18.6 Å². The van der Waals surface area contributed by atoms with Crippen molar-refractivity contribution in [2.45, 2.75) is 19.3 Å². The molecule has 1 fully saturated rings. The molecule has 0 spiro atoms. The van der Waals surface area contributed by atoms with Crippen LogP contribution in [0.5, 0.6) is 0 Å². The van der Waals surface area contributed by atoms with Gasteiger partial charge < -0.3 is 0 Å². The average molecular weight is 189 g/mol. The van der Waals surface area contributed by atoms with E-state index in [9.17, 15) is 9.59 Å². The van der Waals surface area contributed by atoms with E-state index < -0.39 is 0 Å². The number of carbonyl (C=O) groups excluding carboxylic acids is 2. The summed E-state index contributed by atoms with van der Waals surface area (Å²) in [5, 5.41) is 0. The summed E-state index contributed by atoms with van der Waals surface area (Å²) in [6, 6.07) is 3.49. The molecule has 1 heterocycles. The number of carbonyl (C=O) groups is 2. The number of hydrogen-bond acceptors (Lipinski definition) is 3. The molecule has 0 bridgehead atoms. The molecule has 1 aromatic rings. The lowest BCUT2D eigenvalue weighted by Gasteiger charge is -2.05. The Kier molecular flexibility index (Phi) is 2.39. The zero-order chi connectivity index (χ0) is 9.97. The maximum Gasteiger partial charge on any atom is 0.167 e. The molecule has 0 amide bonds. The van der Waals surface area contributed by atoms with Crippen molar-refractivity contribution >= 4 is 11.6 Å². The van der Waals surface area contributed by atoms with Crippen LogP contribution in [-0.4, -0.2) is 16.6 Å². The SMILES string of the molecule is O=C1CCC(C(=O)c2cccnc2)C1. The summed E-state index contributed by atoms with van der Waals surface area (Å²) in [6.07, 6.45) is 4.86. The van der Waals surface area contributed by atoms with Crippen LogP contribution in [0.25, 0.3) is 0 Å². The van der Waals surface area contributed by atoms with Gasteiger partial charge in [-0.15, -0.1) is 0 Å². The molecule has 0 N–H and O–H groups in total. The summed E-state index contributed by atoms with van der Waals surface area (Å²) in [5.41, 5.74) is 0.618. The van der Waals surface area contributed by atoms with Crippen LogP contribution < -0.4 is 0 Å². The second kappa shape index (κ2) is 3.70. The quantitative estimate of drug-likeness (QED) is 0.664. The van der Waals surface area contributed by atoms with Gasteiger partial charge in [-0.1, -0.05) is 0 Å². The predicted molar refractivity (Wildman–Crippen MR) is 50.9 cm³/mol. The van der Waals surface area contributed by atoms with Gasteiger partial charge in [-0.2, -0.15) is 0 Å². The fourth-order valence-electron chi connectivity index (χ4n) is 1.78. The van der Waals surface area contributed by atoms with Crippen LogP contribution in [0.15, 0.2) is 24.5 Å². The Bertz CT molecular complexity index is 359. The van der Waals surface area contributed by atoms with E-state index in [-0.39, 0.29) is 17.5 Å². The van der Waals surface area contributed by atoms with Crippen LogP contribution in [-0.2, 0) is 4.79 Å². The number of pyridine rings is 1. The van der Waals surface area contributed by atoms with E-state index in [2.05, 4.69) is 4.98 Å². The van der Waals surface area contributed by atoms with E-state index >= 15 is 0 Å². The Morgan fingerprint density at radius 1 is 1.50 bits per heavy atom. The van der Waals surface area contributed by atoms with Gasteiger partial charge in [0.2, 0.25) is 0 Å². The first-order valence-corrected chi connectivity index (χ1v) is 4.73. The van der Waals surface area contributed by atoms with Crippen molar-refractivity contribution in [1.29, 1.82) is 0 Å². The smallest absolute Gasteiger partial charge is 0.167 e. The fraction of sp³-hybridized carbons (Fsp3) is 0.364. The van der Waals surface area contributed by atoms with Gasteiger partial charge in [-0.3, -0.25) is 14.6 Å². The van der Waals surface area contributed by atoms with Crippen LogP contribution in [0.2, 0.25) is 0 Å². The first-order valence-electron chi connectivity index (χ1n) is 4.73. The molecule has 0 saturated heterocycles. The number of aromatic nitrogens is 1. The third-order valence-electron chi connectivity index (χ3n) is 2.56. The third kappa shape index (κ3) is 1.71. The van der Waals surface area contributed by atoms with E-state index in [4.69, 9.17) is 0 Å². The van der Waals surface area contributed by atoms with Crippen molar-refractivity contribution in [2.24, 2.45) is 5.92 Å². The number of Topliss-reactive ketones (excluding diaryl/α,β-unsaturated/α-hetero) is 2. The van der Waals surface area contributed by atoms with E-state index in [0.29, 0.717) is 24.8 Å². The number of nitrogens with zero attached hydrogens (tertiary/aromatic N) is 1. The van der Waals surface area contributed by atoms with Crippen LogP contribution in [0.1, 0.15) is 29.6 Å². The molecular formula is C11H11NO2.